The summed E-state index contributed by atoms with van der Waals surface area (Å²) in [6, 6.07) is 3.55. The number of hydrogen-bond acceptors (Lipinski definition) is 2. The van der Waals surface area contributed by atoms with E-state index in [2.05, 4.69) is 5.32 Å². The maximum absolute atomic E-state index is 13.5. The van der Waals surface area contributed by atoms with E-state index >= 15 is 0 Å². The predicted molar refractivity (Wildman–Crippen MR) is 63.7 cm³/mol. The molecule has 0 saturated heterocycles. The molecule has 0 spiro atoms. The second-order valence-corrected chi connectivity index (χ2v) is 4.76. The molecule has 17 heavy (non-hydrogen) atoms. The maximum Gasteiger partial charge on any atom is 0.132 e. The van der Waals surface area contributed by atoms with Crippen molar-refractivity contribution in [2.45, 2.75) is 38.8 Å². The molecule has 96 valence electrons. The van der Waals surface area contributed by atoms with Crippen molar-refractivity contribution in [3.05, 3.63) is 35.4 Å². The third-order valence-electron chi connectivity index (χ3n) is 2.68. The molecule has 0 radical (unpaired) electrons. The van der Waals surface area contributed by atoms with Gasteiger partial charge in [-0.3, -0.25) is 0 Å². The van der Waals surface area contributed by atoms with Gasteiger partial charge in [-0.15, -0.1) is 0 Å². The largest absolute Gasteiger partial charge is 0.385 e. The highest BCUT2D eigenvalue weighted by atomic mass is 19.1. The van der Waals surface area contributed by atoms with Crippen molar-refractivity contribution in [2.75, 3.05) is 6.54 Å². The molecule has 0 saturated carbocycles. The van der Waals surface area contributed by atoms with Gasteiger partial charge in [0.15, 0.2) is 0 Å². The standard InChI is InChI=1S/C13H19F2NO/c1-9(2)16-7-6-13(3,17)11-5-4-10(14)8-12(11)15/h4-5,8-9,16-17H,6-7H2,1-3H3. The molecule has 0 aromatic heterocycles. The fourth-order valence-electron chi connectivity index (χ4n) is 1.67. The molecule has 0 aliphatic heterocycles. The van der Waals surface area contributed by atoms with Crippen LogP contribution in [0.5, 0.6) is 0 Å². The predicted octanol–water partition coefficient (Wildman–Crippen LogP) is 2.56. The van der Waals surface area contributed by atoms with Crippen molar-refractivity contribution >= 4 is 0 Å². The van der Waals surface area contributed by atoms with Gasteiger partial charge in [0.25, 0.3) is 0 Å². The first-order valence-corrected chi connectivity index (χ1v) is 5.74. The van der Waals surface area contributed by atoms with Gasteiger partial charge in [0.2, 0.25) is 0 Å². The highest BCUT2D eigenvalue weighted by Crippen LogP contribution is 2.26. The van der Waals surface area contributed by atoms with E-state index in [4.69, 9.17) is 0 Å². The van der Waals surface area contributed by atoms with E-state index in [1.807, 2.05) is 13.8 Å². The van der Waals surface area contributed by atoms with Gasteiger partial charge in [0.05, 0.1) is 5.60 Å². The molecule has 0 fully saturated rings. The molecule has 1 rings (SSSR count). The molecule has 1 aromatic carbocycles. The fraction of sp³-hybridized carbons (Fsp3) is 0.538. The van der Waals surface area contributed by atoms with Crippen molar-refractivity contribution in [3.63, 3.8) is 0 Å². The van der Waals surface area contributed by atoms with E-state index in [1.165, 1.54) is 13.0 Å². The SMILES string of the molecule is CC(C)NCCC(C)(O)c1ccc(F)cc1F. The zero-order valence-corrected chi connectivity index (χ0v) is 10.4. The Morgan fingerprint density at radius 2 is 2.00 bits per heavy atom. The molecular formula is C13H19F2NO. The molecule has 0 bridgehead atoms. The zero-order chi connectivity index (χ0) is 13.1. The summed E-state index contributed by atoms with van der Waals surface area (Å²) >= 11 is 0. The quantitative estimate of drug-likeness (QED) is 0.833. The van der Waals surface area contributed by atoms with Crippen LogP contribution >= 0.6 is 0 Å². The summed E-state index contributed by atoms with van der Waals surface area (Å²) in [5, 5.41) is 13.3. The number of hydrogen-bond donors (Lipinski definition) is 2. The van der Waals surface area contributed by atoms with Gasteiger partial charge in [0.1, 0.15) is 11.6 Å². The first-order valence-electron chi connectivity index (χ1n) is 5.74. The van der Waals surface area contributed by atoms with E-state index in [1.54, 1.807) is 0 Å². The van der Waals surface area contributed by atoms with Crippen LogP contribution in [0.25, 0.3) is 0 Å². The van der Waals surface area contributed by atoms with Crippen LogP contribution < -0.4 is 5.32 Å². The van der Waals surface area contributed by atoms with Gasteiger partial charge in [-0.25, -0.2) is 8.78 Å². The van der Waals surface area contributed by atoms with E-state index in [0.29, 0.717) is 19.0 Å². The zero-order valence-electron chi connectivity index (χ0n) is 10.4. The summed E-state index contributed by atoms with van der Waals surface area (Å²) in [5.74, 6) is -1.35. The molecule has 0 heterocycles. The molecule has 0 aliphatic rings. The Balaban J connectivity index is 2.74. The molecular weight excluding hydrogens is 224 g/mol. The van der Waals surface area contributed by atoms with Gasteiger partial charge < -0.3 is 10.4 Å². The minimum Gasteiger partial charge on any atom is -0.385 e. The molecule has 4 heteroatoms. The topological polar surface area (TPSA) is 32.3 Å². The van der Waals surface area contributed by atoms with Crippen molar-refractivity contribution in [1.82, 2.24) is 5.32 Å². The van der Waals surface area contributed by atoms with Crippen LogP contribution in [0, 0.1) is 11.6 Å². The van der Waals surface area contributed by atoms with E-state index < -0.39 is 17.2 Å². The molecule has 1 unspecified atom stereocenters. The van der Waals surface area contributed by atoms with Gasteiger partial charge in [-0.2, -0.15) is 0 Å². The van der Waals surface area contributed by atoms with E-state index in [9.17, 15) is 13.9 Å². The summed E-state index contributed by atoms with van der Waals surface area (Å²) in [6.45, 7) is 6.09. The third kappa shape index (κ3) is 4.06. The van der Waals surface area contributed by atoms with E-state index in [0.717, 1.165) is 12.1 Å². The smallest absolute Gasteiger partial charge is 0.132 e. The number of aliphatic hydroxyl groups is 1. The lowest BCUT2D eigenvalue weighted by molar-refractivity contribution is 0.0438. The second-order valence-electron chi connectivity index (χ2n) is 4.76. The van der Waals surface area contributed by atoms with Gasteiger partial charge in [-0.1, -0.05) is 19.9 Å². The highest BCUT2D eigenvalue weighted by Gasteiger charge is 2.26. The Morgan fingerprint density at radius 1 is 1.35 bits per heavy atom. The molecule has 2 N–H and O–H groups in total. The van der Waals surface area contributed by atoms with Gasteiger partial charge >= 0.3 is 0 Å². The lowest BCUT2D eigenvalue weighted by atomic mass is 9.92. The summed E-state index contributed by atoms with van der Waals surface area (Å²) in [7, 11) is 0. The van der Waals surface area contributed by atoms with Crippen molar-refractivity contribution in [3.8, 4) is 0 Å². The number of benzene rings is 1. The molecule has 1 aromatic rings. The van der Waals surface area contributed by atoms with Crippen molar-refractivity contribution in [2.24, 2.45) is 0 Å². The Hall–Kier alpha value is -1.00. The fourth-order valence-corrected chi connectivity index (χ4v) is 1.67. The lowest BCUT2D eigenvalue weighted by Crippen LogP contribution is -2.31. The summed E-state index contributed by atoms with van der Waals surface area (Å²) < 4.78 is 26.3. The van der Waals surface area contributed by atoms with E-state index in [-0.39, 0.29) is 5.56 Å². The monoisotopic (exact) mass is 243 g/mol. The summed E-state index contributed by atoms with van der Waals surface area (Å²) in [4.78, 5) is 0. The first-order chi connectivity index (χ1) is 7.83. The number of rotatable bonds is 5. The van der Waals surface area contributed by atoms with Crippen LogP contribution in [-0.4, -0.2) is 17.7 Å². The molecule has 2 nitrogen and oxygen atoms in total. The van der Waals surface area contributed by atoms with Crippen LogP contribution in [0.1, 0.15) is 32.8 Å². The Bertz CT molecular complexity index is 378. The average Bonchev–Trinajstić information content (AvgIpc) is 2.15. The maximum atomic E-state index is 13.5. The second kappa shape index (κ2) is 5.56. The van der Waals surface area contributed by atoms with Gasteiger partial charge in [-0.05, 0) is 26.0 Å². The summed E-state index contributed by atoms with van der Waals surface area (Å²) in [5.41, 5.74) is -1.16. The van der Waals surface area contributed by atoms with Crippen molar-refractivity contribution < 1.29 is 13.9 Å². The molecule has 1 atom stereocenters. The lowest BCUT2D eigenvalue weighted by Gasteiger charge is -2.25. The van der Waals surface area contributed by atoms with Crippen LogP contribution in [0.3, 0.4) is 0 Å². The normalized spacial score (nSPS) is 15.0. The molecule has 0 amide bonds. The number of halogens is 2. The third-order valence-corrected chi connectivity index (χ3v) is 2.68. The van der Waals surface area contributed by atoms with Crippen molar-refractivity contribution in [1.29, 1.82) is 0 Å². The van der Waals surface area contributed by atoms with Crippen LogP contribution in [0.15, 0.2) is 18.2 Å². The van der Waals surface area contributed by atoms with Crippen LogP contribution in [0.4, 0.5) is 8.78 Å². The summed E-state index contributed by atoms with van der Waals surface area (Å²) in [6.07, 6.45) is 0.369. The highest BCUT2D eigenvalue weighted by molar-refractivity contribution is 5.24. The molecule has 0 aliphatic carbocycles. The number of nitrogens with one attached hydrogen (secondary N) is 1. The van der Waals surface area contributed by atoms with Crippen LogP contribution in [0.2, 0.25) is 0 Å². The van der Waals surface area contributed by atoms with Crippen LogP contribution in [-0.2, 0) is 5.60 Å². The Morgan fingerprint density at radius 3 is 2.53 bits per heavy atom. The Labute approximate surface area is 101 Å². The minimum atomic E-state index is -1.29. The average molecular weight is 243 g/mol. The first kappa shape index (κ1) is 14.1. The Kier molecular flexibility index (Phi) is 4.60. The van der Waals surface area contributed by atoms with Gasteiger partial charge in [0, 0.05) is 17.7 Å². The minimum absolute atomic E-state index is 0.129.